The third kappa shape index (κ3) is 7.26. The molecule has 1 N–H and O–H groups in total. The fraction of sp³-hybridized carbons (Fsp3) is 0.345. The first kappa shape index (κ1) is 27.6. The molecule has 2 atom stereocenters. The summed E-state index contributed by atoms with van der Waals surface area (Å²) in [5.74, 6) is 0.0632. The van der Waals surface area contributed by atoms with Gasteiger partial charge in [0.1, 0.15) is 0 Å². The molecule has 0 aromatic heterocycles. The van der Waals surface area contributed by atoms with Crippen LogP contribution in [0.2, 0.25) is 0 Å². The maximum Gasteiger partial charge on any atom is 0.253 e. The molecule has 0 spiro atoms. The van der Waals surface area contributed by atoms with Gasteiger partial charge in [0.25, 0.3) is 5.91 Å². The second kappa shape index (κ2) is 12.8. The van der Waals surface area contributed by atoms with Gasteiger partial charge in [0, 0.05) is 25.7 Å². The predicted octanol–water partition coefficient (Wildman–Crippen LogP) is 4.47. The first-order valence-electron chi connectivity index (χ1n) is 12.3. The Kier molecular flexibility index (Phi) is 9.81. The lowest BCUT2D eigenvalue weighted by Crippen LogP contribution is -2.51. The minimum Gasteiger partial charge on any atom is -0.390 e. The van der Waals surface area contributed by atoms with Crippen LogP contribution in [0.3, 0.4) is 0 Å². The first-order chi connectivity index (χ1) is 17.2. The Bertz CT molecular complexity index is 1190. The molecule has 36 heavy (non-hydrogen) atoms. The van der Waals surface area contributed by atoms with E-state index in [1.54, 1.807) is 61.6 Å². The number of benzene rings is 3. The number of nitrogens with zero attached hydrogens (tertiary/aromatic N) is 2. The molecule has 0 saturated heterocycles. The molecule has 0 fully saturated rings. The van der Waals surface area contributed by atoms with Crippen molar-refractivity contribution in [1.29, 1.82) is 0 Å². The molecule has 3 rings (SSSR count). The fourth-order valence-corrected chi connectivity index (χ4v) is 5.60. The van der Waals surface area contributed by atoms with Crippen molar-refractivity contribution in [2.24, 2.45) is 5.92 Å². The van der Waals surface area contributed by atoms with Crippen LogP contribution >= 0.6 is 0 Å². The topological polar surface area (TPSA) is 77.9 Å². The average molecular weight is 509 g/mol. The van der Waals surface area contributed by atoms with Gasteiger partial charge in [0.2, 0.25) is 10.0 Å². The summed E-state index contributed by atoms with van der Waals surface area (Å²) in [5.41, 5.74) is 1.47. The Morgan fingerprint density at radius 3 is 1.94 bits per heavy atom. The highest BCUT2D eigenvalue weighted by atomic mass is 32.2. The number of aliphatic hydroxyl groups excluding tert-OH is 1. The van der Waals surface area contributed by atoms with E-state index in [2.05, 4.69) is 0 Å². The van der Waals surface area contributed by atoms with E-state index < -0.39 is 22.2 Å². The molecule has 0 radical (unpaired) electrons. The minimum absolute atomic E-state index is 0.117. The normalized spacial score (nSPS) is 13.5. The second-order valence-electron chi connectivity index (χ2n) is 9.47. The molecule has 0 aliphatic heterocycles. The molecule has 2 unspecified atom stereocenters. The van der Waals surface area contributed by atoms with E-state index in [1.165, 1.54) is 9.21 Å². The van der Waals surface area contributed by atoms with E-state index in [9.17, 15) is 18.3 Å². The third-order valence-electron chi connectivity index (χ3n) is 6.30. The van der Waals surface area contributed by atoms with E-state index >= 15 is 0 Å². The van der Waals surface area contributed by atoms with Crippen molar-refractivity contribution < 1.29 is 18.3 Å². The van der Waals surface area contributed by atoms with Gasteiger partial charge in [0.15, 0.2) is 0 Å². The number of carbonyl (C=O) groups excluding carboxylic acids is 1. The zero-order chi connectivity index (χ0) is 26.1. The summed E-state index contributed by atoms with van der Waals surface area (Å²) in [4.78, 5) is 15.0. The molecular weight excluding hydrogens is 472 g/mol. The van der Waals surface area contributed by atoms with Gasteiger partial charge in [-0.2, -0.15) is 4.31 Å². The largest absolute Gasteiger partial charge is 0.390 e. The summed E-state index contributed by atoms with van der Waals surface area (Å²) >= 11 is 0. The Morgan fingerprint density at radius 2 is 1.39 bits per heavy atom. The van der Waals surface area contributed by atoms with Crippen LogP contribution in [0.15, 0.2) is 95.9 Å². The highest BCUT2D eigenvalue weighted by Gasteiger charge is 2.33. The second-order valence-corrected chi connectivity index (χ2v) is 11.4. The van der Waals surface area contributed by atoms with E-state index in [4.69, 9.17) is 0 Å². The Morgan fingerprint density at radius 1 is 0.861 bits per heavy atom. The van der Waals surface area contributed by atoms with E-state index in [0.29, 0.717) is 18.4 Å². The molecule has 3 aromatic carbocycles. The van der Waals surface area contributed by atoms with Gasteiger partial charge >= 0.3 is 0 Å². The molecular formula is C29H36N2O4S. The van der Waals surface area contributed by atoms with Crippen LogP contribution in [0.25, 0.3) is 0 Å². The van der Waals surface area contributed by atoms with Gasteiger partial charge in [0.05, 0.1) is 17.0 Å². The quantitative estimate of drug-likeness (QED) is 0.392. The zero-order valence-electron chi connectivity index (χ0n) is 21.2. The van der Waals surface area contributed by atoms with Crippen LogP contribution in [0.4, 0.5) is 0 Å². The molecule has 0 heterocycles. The minimum atomic E-state index is -3.83. The first-order valence-corrected chi connectivity index (χ1v) is 13.7. The Labute approximate surface area is 215 Å². The van der Waals surface area contributed by atoms with E-state index in [-0.39, 0.29) is 29.8 Å². The van der Waals surface area contributed by atoms with E-state index in [1.807, 2.05) is 50.2 Å². The van der Waals surface area contributed by atoms with Crippen molar-refractivity contribution in [2.45, 2.75) is 43.7 Å². The zero-order valence-corrected chi connectivity index (χ0v) is 22.0. The lowest BCUT2D eigenvalue weighted by Gasteiger charge is -2.35. The molecule has 6 nitrogen and oxygen atoms in total. The monoisotopic (exact) mass is 508 g/mol. The van der Waals surface area contributed by atoms with Crippen LogP contribution in [-0.2, 0) is 16.4 Å². The molecule has 0 bridgehead atoms. The molecule has 0 aliphatic rings. The Balaban J connectivity index is 1.92. The van der Waals surface area contributed by atoms with E-state index in [0.717, 1.165) is 5.56 Å². The smallest absolute Gasteiger partial charge is 0.253 e. The van der Waals surface area contributed by atoms with Crippen molar-refractivity contribution in [2.75, 3.05) is 20.1 Å². The van der Waals surface area contributed by atoms with Crippen LogP contribution in [0.1, 0.15) is 36.2 Å². The number of carbonyl (C=O) groups is 1. The highest BCUT2D eigenvalue weighted by Crippen LogP contribution is 2.21. The summed E-state index contributed by atoms with van der Waals surface area (Å²) in [5, 5.41) is 11.5. The number of sulfonamides is 1. The van der Waals surface area contributed by atoms with Crippen LogP contribution in [0.5, 0.6) is 0 Å². The third-order valence-corrected chi connectivity index (χ3v) is 8.18. The number of rotatable bonds is 12. The number of amides is 1. The molecule has 3 aromatic rings. The predicted molar refractivity (Wildman–Crippen MR) is 143 cm³/mol. The number of likely N-dealkylation sites (N-methyl/N-ethyl adjacent to an activating group) is 1. The standard InChI is InChI=1S/C29H36N2O4S/c1-23(2)19-20-31(36(34,35)26-17-11-6-12-18-26)22-28(32)27(21-24-13-7-4-8-14-24)30(3)29(33)25-15-9-5-10-16-25/h4-18,23,27-28,32H,19-22H2,1-3H3. The summed E-state index contributed by atoms with van der Waals surface area (Å²) < 4.78 is 28.4. The van der Waals surface area contributed by atoms with Crippen molar-refractivity contribution in [3.05, 3.63) is 102 Å². The highest BCUT2D eigenvalue weighted by molar-refractivity contribution is 7.89. The lowest BCUT2D eigenvalue weighted by atomic mass is 9.99. The van der Waals surface area contributed by atoms with Gasteiger partial charge < -0.3 is 10.0 Å². The number of hydrogen-bond donors (Lipinski definition) is 1. The van der Waals surface area contributed by atoms with Gasteiger partial charge in [-0.05, 0) is 48.6 Å². The maximum atomic E-state index is 13.5. The average Bonchev–Trinajstić information content (AvgIpc) is 2.90. The molecule has 7 heteroatoms. The molecule has 192 valence electrons. The molecule has 0 saturated carbocycles. The van der Waals surface area contributed by atoms with Crippen molar-refractivity contribution in [1.82, 2.24) is 9.21 Å². The van der Waals surface area contributed by atoms with Crippen molar-refractivity contribution in [3.8, 4) is 0 Å². The van der Waals surface area contributed by atoms with Crippen molar-refractivity contribution >= 4 is 15.9 Å². The summed E-state index contributed by atoms with van der Waals surface area (Å²) in [6.07, 6.45) is -0.0602. The van der Waals surface area contributed by atoms with Gasteiger partial charge in [-0.3, -0.25) is 4.79 Å². The number of hydrogen-bond acceptors (Lipinski definition) is 4. The summed E-state index contributed by atoms with van der Waals surface area (Å²) in [6, 6.07) is 26.2. The van der Waals surface area contributed by atoms with Crippen LogP contribution in [-0.4, -0.2) is 60.9 Å². The Hall–Kier alpha value is -3.00. The van der Waals surface area contributed by atoms with Crippen LogP contribution < -0.4 is 0 Å². The SMILES string of the molecule is CC(C)CCN(CC(O)C(Cc1ccccc1)N(C)C(=O)c1ccccc1)S(=O)(=O)c1ccccc1. The number of aliphatic hydroxyl groups is 1. The lowest BCUT2D eigenvalue weighted by molar-refractivity contribution is 0.0375. The van der Waals surface area contributed by atoms with Crippen LogP contribution in [0, 0.1) is 5.92 Å². The van der Waals surface area contributed by atoms with Gasteiger partial charge in [-0.25, -0.2) is 8.42 Å². The van der Waals surface area contributed by atoms with Gasteiger partial charge in [-0.1, -0.05) is 80.6 Å². The summed E-state index contributed by atoms with van der Waals surface area (Å²) in [6.45, 7) is 4.23. The van der Waals surface area contributed by atoms with Crippen molar-refractivity contribution in [3.63, 3.8) is 0 Å². The molecule has 0 aliphatic carbocycles. The molecule has 1 amide bonds. The fourth-order valence-electron chi connectivity index (χ4n) is 4.11. The maximum absolute atomic E-state index is 13.5. The summed E-state index contributed by atoms with van der Waals surface area (Å²) in [7, 11) is -2.16. The van der Waals surface area contributed by atoms with Gasteiger partial charge in [-0.15, -0.1) is 0 Å².